The lowest BCUT2D eigenvalue weighted by atomic mass is 10.1. The largest absolute Gasteiger partial charge is 0.418 e. The van der Waals surface area contributed by atoms with E-state index in [0.717, 1.165) is 13.1 Å². The zero-order valence-corrected chi connectivity index (χ0v) is 13.8. The molecule has 1 aromatic rings. The van der Waals surface area contributed by atoms with Crippen LogP contribution in [0.1, 0.15) is 25.0 Å². The molecule has 1 aromatic carbocycles. The first-order chi connectivity index (χ1) is 9.82. The van der Waals surface area contributed by atoms with Crippen LogP contribution >= 0.6 is 15.9 Å². The summed E-state index contributed by atoms with van der Waals surface area (Å²) in [6, 6.07) is 5.04. The molecule has 1 fully saturated rings. The Morgan fingerprint density at radius 3 is 2.24 bits per heavy atom. The molecule has 0 amide bonds. The second kappa shape index (κ2) is 6.57. The molecule has 6 heteroatoms. The summed E-state index contributed by atoms with van der Waals surface area (Å²) >= 11 is 3.22. The normalized spacial score (nSPS) is 17.6. The average Bonchev–Trinajstić information content (AvgIpc) is 2.46. The monoisotopic (exact) mass is 364 g/mol. The van der Waals surface area contributed by atoms with Gasteiger partial charge in [-0.3, -0.25) is 4.90 Å². The topological polar surface area (TPSA) is 6.48 Å². The van der Waals surface area contributed by atoms with Gasteiger partial charge in [-0.25, -0.2) is 0 Å². The van der Waals surface area contributed by atoms with Crippen molar-refractivity contribution >= 4 is 21.6 Å². The predicted molar refractivity (Wildman–Crippen MR) is 83.0 cm³/mol. The minimum atomic E-state index is -4.32. The highest BCUT2D eigenvalue weighted by Gasteiger charge is 2.35. The standard InChI is InChI=1S/C15H20BrF3N2/c1-11(2)20-5-7-21(8-6-20)14-4-3-12(10-16)9-13(14)15(17,18)19/h3-4,9,11H,5-8,10H2,1-2H3. The second-order valence-corrected chi connectivity index (χ2v) is 6.16. The summed E-state index contributed by atoms with van der Waals surface area (Å²) in [6.45, 7) is 7.09. The first kappa shape index (κ1) is 16.6. The number of benzene rings is 1. The quantitative estimate of drug-likeness (QED) is 0.744. The fourth-order valence-electron chi connectivity index (χ4n) is 2.65. The Labute approximate surface area is 132 Å². The molecule has 21 heavy (non-hydrogen) atoms. The number of nitrogens with zero attached hydrogens (tertiary/aromatic N) is 2. The molecule has 1 aliphatic heterocycles. The van der Waals surface area contributed by atoms with Crippen molar-refractivity contribution in [3.63, 3.8) is 0 Å². The molecule has 0 aliphatic carbocycles. The third kappa shape index (κ3) is 3.92. The van der Waals surface area contributed by atoms with E-state index in [0.29, 0.717) is 35.7 Å². The Balaban J connectivity index is 2.24. The van der Waals surface area contributed by atoms with Crippen LogP contribution in [0.4, 0.5) is 18.9 Å². The lowest BCUT2D eigenvalue weighted by Gasteiger charge is -2.39. The number of hydrogen-bond donors (Lipinski definition) is 0. The number of hydrogen-bond acceptors (Lipinski definition) is 2. The van der Waals surface area contributed by atoms with Crippen LogP contribution in [0, 0.1) is 0 Å². The Bertz CT molecular complexity index is 480. The molecule has 1 saturated heterocycles. The van der Waals surface area contributed by atoms with Crippen LogP contribution in [0.15, 0.2) is 18.2 Å². The molecule has 0 saturated carbocycles. The number of halogens is 4. The Hall–Kier alpha value is -0.750. The van der Waals surface area contributed by atoms with Crippen molar-refractivity contribution in [3.05, 3.63) is 29.3 Å². The van der Waals surface area contributed by atoms with Crippen LogP contribution in [0.25, 0.3) is 0 Å². The van der Waals surface area contributed by atoms with E-state index < -0.39 is 11.7 Å². The van der Waals surface area contributed by atoms with E-state index in [-0.39, 0.29) is 0 Å². The van der Waals surface area contributed by atoms with E-state index in [1.165, 1.54) is 6.07 Å². The second-order valence-electron chi connectivity index (χ2n) is 5.60. The molecular weight excluding hydrogens is 345 g/mol. The smallest absolute Gasteiger partial charge is 0.368 e. The van der Waals surface area contributed by atoms with Gasteiger partial charge in [-0.1, -0.05) is 22.0 Å². The highest BCUT2D eigenvalue weighted by molar-refractivity contribution is 9.08. The van der Waals surface area contributed by atoms with E-state index >= 15 is 0 Å². The summed E-state index contributed by atoms with van der Waals surface area (Å²) in [4.78, 5) is 4.14. The van der Waals surface area contributed by atoms with Gasteiger partial charge in [0.1, 0.15) is 0 Å². The lowest BCUT2D eigenvalue weighted by Crippen LogP contribution is -2.49. The van der Waals surface area contributed by atoms with E-state index in [1.54, 1.807) is 12.1 Å². The zero-order valence-electron chi connectivity index (χ0n) is 12.3. The molecular formula is C15H20BrF3N2. The van der Waals surface area contributed by atoms with Crippen LogP contribution < -0.4 is 4.90 Å². The SMILES string of the molecule is CC(C)N1CCN(c2ccc(CBr)cc2C(F)(F)F)CC1. The van der Waals surface area contributed by atoms with Crippen LogP contribution in [0.5, 0.6) is 0 Å². The van der Waals surface area contributed by atoms with Crippen LogP contribution in [0.2, 0.25) is 0 Å². The molecule has 118 valence electrons. The van der Waals surface area contributed by atoms with Gasteiger partial charge in [-0.2, -0.15) is 13.2 Å². The molecule has 0 aromatic heterocycles. The van der Waals surface area contributed by atoms with E-state index in [1.807, 2.05) is 4.90 Å². The fraction of sp³-hybridized carbons (Fsp3) is 0.600. The molecule has 2 rings (SSSR count). The van der Waals surface area contributed by atoms with Gasteiger partial charge in [-0.15, -0.1) is 0 Å². The molecule has 0 N–H and O–H groups in total. The Morgan fingerprint density at radius 2 is 1.76 bits per heavy atom. The molecule has 1 aliphatic rings. The molecule has 1 heterocycles. The molecule has 0 spiro atoms. The number of anilines is 1. The summed E-state index contributed by atoms with van der Waals surface area (Å²) in [7, 11) is 0. The van der Waals surface area contributed by atoms with E-state index in [9.17, 15) is 13.2 Å². The molecule has 0 atom stereocenters. The van der Waals surface area contributed by atoms with Crippen molar-refractivity contribution in [1.29, 1.82) is 0 Å². The molecule has 0 unspecified atom stereocenters. The van der Waals surface area contributed by atoms with Crippen LogP contribution in [0.3, 0.4) is 0 Å². The number of alkyl halides is 4. The van der Waals surface area contributed by atoms with E-state index in [2.05, 4.69) is 34.7 Å². The predicted octanol–water partition coefficient (Wildman–Crippen LogP) is 4.13. The van der Waals surface area contributed by atoms with Gasteiger partial charge < -0.3 is 4.90 Å². The zero-order chi connectivity index (χ0) is 15.6. The maximum absolute atomic E-state index is 13.3. The minimum Gasteiger partial charge on any atom is -0.368 e. The van der Waals surface area contributed by atoms with Gasteiger partial charge in [0.05, 0.1) is 5.56 Å². The third-order valence-electron chi connectivity index (χ3n) is 3.91. The van der Waals surface area contributed by atoms with Crippen molar-refractivity contribution in [2.75, 3.05) is 31.1 Å². The summed E-state index contributed by atoms with van der Waals surface area (Å²) in [5.74, 6) is 0. The van der Waals surface area contributed by atoms with Crippen molar-refractivity contribution < 1.29 is 13.2 Å². The van der Waals surface area contributed by atoms with Gasteiger partial charge in [0, 0.05) is 43.2 Å². The van der Waals surface area contributed by atoms with Crippen molar-refractivity contribution in [2.45, 2.75) is 31.4 Å². The van der Waals surface area contributed by atoms with Gasteiger partial charge >= 0.3 is 6.18 Å². The summed E-state index contributed by atoms with van der Waals surface area (Å²) in [6.07, 6.45) is -4.32. The number of rotatable bonds is 3. The van der Waals surface area contributed by atoms with Gasteiger partial charge in [0.15, 0.2) is 0 Å². The number of piperazine rings is 1. The molecule has 0 bridgehead atoms. The molecule has 0 radical (unpaired) electrons. The maximum Gasteiger partial charge on any atom is 0.418 e. The summed E-state index contributed by atoms with van der Waals surface area (Å²) in [5, 5.41) is 0.428. The summed E-state index contributed by atoms with van der Waals surface area (Å²) < 4.78 is 39.8. The Kier molecular flexibility index (Phi) is 5.20. The highest BCUT2D eigenvalue weighted by Crippen LogP contribution is 2.38. The Morgan fingerprint density at radius 1 is 1.14 bits per heavy atom. The lowest BCUT2D eigenvalue weighted by molar-refractivity contribution is -0.137. The third-order valence-corrected chi connectivity index (χ3v) is 4.55. The van der Waals surface area contributed by atoms with Crippen molar-refractivity contribution in [2.24, 2.45) is 0 Å². The maximum atomic E-state index is 13.3. The van der Waals surface area contributed by atoms with Crippen LogP contribution in [-0.4, -0.2) is 37.1 Å². The van der Waals surface area contributed by atoms with Crippen molar-refractivity contribution in [1.82, 2.24) is 4.90 Å². The van der Waals surface area contributed by atoms with Gasteiger partial charge in [0.2, 0.25) is 0 Å². The first-order valence-electron chi connectivity index (χ1n) is 7.08. The van der Waals surface area contributed by atoms with E-state index in [4.69, 9.17) is 0 Å². The van der Waals surface area contributed by atoms with Crippen molar-refractivity contribution in [3.8, 4) is 0 Å². The van der Waals surface area contributed by atoms with Gasteiger partial charge in [0.25, 0.3) is 0 Å². The summed E-state index contributed by atoms with van der Waals surface area (Å²) in [5.41, 5.74) is 0.417. The van der Waals surface area contributed by atoms with Gasteiger partial charge in [-0.05, 0) is 31.5 Å². The fourth-order valence-corrected chi connectivity index (χ4v) is 3.00. The highest BCUT2D eigenvalue weighted by atomic mass is 79.9. The first-order valence-corrected chi connectivity index (χ1v) is 8.20. The average molecular weight is 365 g/mol. The minimum absolute atomic E-state index is 0.301. The van der Waals surface area contributed by atoms with Crippen LogP contribution in [-0.2, 0) is 11.5 Å². The molecule has 2 nitrogen and oxygen atoms in total.